The second-order valence-corrected chi connectivity index (χ2v) is 9.50. The molecular weight excluding hydrogens is 458 g/mol. The van der Waals surface area contributed by atoms with E-state index in [1.54, 1.807) is 17.9 Å². The van der Waals surface area contributed by atoms with Crippen molar-refractivity contribution in [2.45, 2.75) is 46.2 Å². The molecule has 9 heteroatoms. The Balaban J connectivity index is 1.96. The minimum Gasteiger partial charge on any atom is -0.463 e. The highest BCUT2D eigenvalue weighted by Gasteiger charge is 2.38. The topological polar surface area (TPSA) is 94.2 Å². The van der Waals surface area contributed by atoms with Crippen LogP contribution in [-0.2, 0) is 9.53 Å². The van der Waals surface area contributed by atoms with Gasteiger partial charge in [0.15, 0.2) is 0 Å². The molecule has 1 aromatic carbocycles. The lowest BCUT2D eigenvalue weighted by Crippen LogP contribution is -2.51. The van der Waals surface area contributed by atoms with Gasteiger partial charge >= 0.3 is 18.0 Å². The summed E-state index contributed by atoms with van der Waals surface area (Å²) in [5.74, 6) is -0.444. The lowest BCUT2D eigenvalue weighted by Gasteiger charge is -2.38. The molecule has 0 spiro atoms. The van der Waals surface area contributed by atoms with Crippen LogP contribution in [0.2, 0.25) is 0 Å². The van der Waals surface area contributed by atoms with Gasteiger partial charge in [-0.05, 0) is 39.7 Å². The summed E-state index contributed by atoms with van der Waals surface area (Å²) >= 11 is 0. The van der Waals surface area contributed by atoms with Crippen molar-refractivity contribution >= 4 is 18.0 Å². The normalized spacial score (nSPS) is 19.1. The lowest BCUT2D eigenvalue weighted by molar-refractivity contribution is -0.139. The van der Waals surface area contributed by atoms with E-state index in [0.717, 1.165) is 24.1 Å². The average molecular weight is 498 g/mol. The number of carbonyl (C=O) groups excluding carboxylic acids is 3. The van der Waals surface area contributed by atoms with Crippen LogP contribution >= 0.6 is 0 Å². The molecule has 196 valence electrons. The molecule has 0 aliphatic carbocycles. The first-order valence-electron chi connectivity index (χ1n) is 12.7. The smallest absolute Gasteiger partial charge is 0.338 e. The molecule has 0 saturated carbocycles. The Hall–Kier alpha value is -3.33. The van der Waals surface area contributed by atoms with Crippen molar-refractivity contribution in [2.24, 2.45) is 0 Å². The molecule has 1 aromatic rings. The lowest BCUT2D eigenvalue weighted by atomic mass is 9.93. The molecule has 0 unspecified atom stereocenters. The van der Waals surface area contributed by atoms with Gasteiger partial charge in [0.1, 0.15) is 0 Å². The van der Waals surface area contributed by atoms with E-state index < -0.39 is 12.0 Å². The molecular formula is C27H39N5O4. The van der Waals surface area contributed by atoms with Gasteiger partial charge in [0.05, 0.1) is 18.2 Å². The number of nitrogens with one attached hydrogen (secondary N) is 2. The maximum absolute atomic E-state index is 13.3. The Morgan fingerprint density at radius 1 is 1.25 bits per heavy atom. The van der Waals surface area contributed by atoms with Crippen LogP contribution in [0.3, 0.4) is 0 Å². The SMILES string of the molecule is C=CCN1C(=O)N[C@H](c2cccc(C)c2)C(C(=O)OCC)=C1CN1CCCN(C(=O)NC(C)C)CC1. The number of ether oxygens (including phenoxy) is 1. The molecule has 1 fully saturated rings. The molecule has 4 amide bonds. The molecule has 3 rings (SSSR count). The predicted molar refractivity (Wildman–Crippen MR) is 139 cm³/mol. The molecule has 2 heterocycles. The Bertz CT molecular complexity index is 1010. The Kier molecular flexibility index (Phi) is 9.52. The third-order valence-electron chi connectivity index (χ3n) is 6.28. The van der Waals surface area contributed by atoms with Crippen molar-refractivity contribution in [3.63, 3.8) is 0 Å². The van der Waals surface area contributed by atoms with Crippen molar-refractivity contribution in [1.29, 1.82) is 0 Å². The van der Waals surface area contributed by atoms with Gasteiger partial charge in [-0.15, -0.1) is 6.58 Å². The number of hydrogen-bond donors (Lipinski definition) is 2. The van der Waals surface area contributed by atoms with E-state index in [1.165, 1.54) is 0 Å². The van der Waals surface area contributed by atoms with Gasteiger partial charge < -0.3 is 20.3 Å². The molecule has 1 saturated heterocycles. The Labute approximate surface area is 214 Å². The van der Waals surface area contributed by atoms with Crippen LogP contribution in [0.5, 0.6) is 0 Å². The van der Waals surface area contributed by atoms with Crippen molar-refractivity contribution in [2.75, 3.05) is 45.9 Å². The highest BCUT2D eigenvalue weighted by molar-refractivity contribution is 5.95. The fourth-order valence-corrected chi connectivity index (χ4v) is 4.63. The van der Waals surface area contributed by atoms with E-state index >= 15 is 0 Å². The summed E-state index contributed by atoms with van der Waals surface area (Å²) in [7, 11) is 0. The van der Waals surface area contributed by atoms with E-state index in [4.69, 9.17) is 4.74 Å². The number of benzene rings is 1. The van der Waals surface area contributed by atoms with Crippen molar-refractivity contribution in [3.8, 4) is 0 Å². The van der Waals surface area contributed by atoms with Crippen LogP contribution in [0.1, 0.15) is 44.4 Å². The zero-order valence-corrected chi connectivity index (χ0v) is 21.9. The molecule has 1 atom stereocenters. The number of aryl methyl sites for hydroxylation is 1. The van der Waals surface area contributed by atoms with Gasteiger partial charge in [-0.1, -0.05) is 35.9 Å². The number of nitrogens with zero attached hydrogens (tertiary/aromatic N) is 3. The minimum atomic E-state index is -0.618. The van der Waals surface area contributed by atoms with Crippen LogP contribution in [0.25, 0.3) is 0 Å². The quantitative estimate of drug-likeness (QED) is 0.425. The van der Waals surface area contributed by atoms with Gasteiger partial charge in [0, 0.05) is 51.0 Å². The summed E-state index contributed by atoms with van der Waals surface area (Å²) in [5, 5.41) is 5.96. The fourth-order valence-electron chi connectivity index (χ4n) is 4.63. The van der Waals surface area contributed by atoms with Gasteiger partial charge in [0.2, 0.25) is 0 Å². The van der Waals surface area contributed by atoms with Gasteiger partial charge in [-0.3, -0.25) is 9.80 Å². The highest BCUT2D eigenvalue weighted by Crippen LogP contribution is 2.32. The van der Waals surface area contributed by atoms with E-state index in [0.29, 0.717) is 37.4 Å². The van der Waals surface area contributed by atoms with E-state index in [-0.39, 0.29) is 31.3 Å². The third-order valence-corrected chi connectivity index (χ3v) is 6.28. The van der Waals surface area contributed by atoms with E-state index in [2.05, 4.69) is 22.1 Å². The molecule has 0 bridgehead atoms. The van der Waals surface area contributed by atoms with Crippen molar-refractivity contribution in [1.82, 2.24) is 25.3 Å². The van der Waals surface area contributed by atoms with Gasteiger partial charge in [-0.2, -0.15) is 0 Å². The molecule has 9 nitrogen and oxygen atoms in total. The maximum atomic E-state index is 13.3. The number of esters is 1. The largest absolute Gasteiger partial charge is 0.463 e. The molecule has 2 aliphatic rings. The average Bonchev–Trinajstić information content (AvgIpc) is 3.06. The summed E-state index contributed by atoms with van der Waals surface area (Å²) in [4.78, 5) is 44.7. The fraction of sp³-hybridized carbons (Fsp3) is 0.519. The number of urea groups is 2. The summed E-state index contributed by atoms with van der Waals surface area (Å²) in [6.45, 7) is 14.9. The Morgan fingerprint density at radius 2 is 2.03 bits per heavy atom. The summed E-state index contributed by atoms with van der Waals surface area (Å²) < 4.78 is 5.47. The predicted octanol–water partition coefficient (Wildman–Crippen LogP) is 3.19. The molecule has 2 N–H and O–H groups in total. The van der Waals surface area contributed by atoms with Crippen molar-refractivity contribution in [3.05, 3.63) is 59.3 Å². The molecule has 0 aromatic heterocycles. The second-order valence-electron chi connectivity index (χ2n) is 9.50. The molecule has 2 aliphatic heterocycles. The highest BCUT2D eigenvalue weighted by atomic mass is 16.5. The number of rotatable bonds is 8. The van der Waals surface area contributed by atoms with Gasteiger partial charge in [0.25, 0.3) is 0 Å². The first-order chi connectivity index (χ1) is 17.2. The first-order valence-corrected chi connectivity index (χ1v) is 12.7. The Morgan fingerprint density at radius 3 is 2.69 bits per heavy atom. The third kappa shape index (κ3) is 6.66. The summed E-state index contributed by atoms with van der Waals surface area (Å²) in [6.07, 6.45) is 2.44. The molecule has 0 radical (unpaired) electrons. The standard InChI is InChI=1S/C27H39N5O4/c1-6-12-32-22(18-30-13-9-14-31(16-15-30)26(34)28-19(3)4)23(25(33)36-7-2)24(29-27(32)35)21-11-8-10-20(5)17-21/h6,8,10-11,17,19,24H,1,7,9,12-16,18H2,2-5H3,(H,28,34)(H,29,35)/t24-/m1/s1. The first kappa shape index (κ1) is 27.3. The second kappa shape index (κ2) is 12.6. The number of amides is 4. The summed E-state index contributed by atoms with van der Waals surface area (Å²) in [6, 6.07) is 6.89. The zero-order valence-electron chi connectivity index (χ0n) is 21.9. The van der Waals surface area contributed by atoms with Crippen LogP contribution in [-0.4, -0.2) is 84.6 Å². The number of carbonyl (C=O) groups is 3. The minimum absolute atomic E-state index is 0.0666. The molecule has 36 heavy (non-hydrogen) atoms. The van der Waals surface area contributed by atoms with Crippen molar-refractivity contribution < 1.29 is 19.1 Å². The van der Waals surface area contributed by atoms with E-state index in [9.17, 15) is 14.4 Å². The monoisotopic (exact) mass is 497 g/mol. The van der Waals surface area contributed by atoms with Gasteiger partial charge in [-0.25, -0.2) is 14.4 Å². The zero-order chi connectivity index (χ0) is 26.2. The van der Waals surface area contributed by atoms with Crippen LogP contribution < -0.4 is 10.6 Å². The van der Waals surface area contributed by atoms with Crippen LogP contribution in [0.15, 0.2) is 48.2 Å². The summed E-state index contributed by atoms with van der Waals surface area (Å²) in [5.41, 5.74) is 2.91. The number of hydrogen-bond acceptors (Lipinski definition) is 5. The maximum Gasteiger partial charge on any atom is 0.338 e. The van der Waals surface area contributed by atoms with E-state index in [1.807, 2.05) is 49.9 Å². The van der Waals surface area contributed by atoms with Crippen LogP contribution in [0.4, 0.5) is 9.59 Å². The van der Waals surface area contributed by atoms with Crippen LogP contribution in [0, 0.1) is 6.92 Å².